The van der Waals surface area contributed by atoms with Gasteiger partial charge in [0.25, 0.3) is 0 Å². The summed E-state index contributed by atoms with van der Waals surface area (Å²) in [6.45, 7) is 2.35. The molecule has 9 heteroatoms. The summed E-state index contributed by atoms with van der Waals surface area (Å²) in [6.07, 6.45) is 1.74. The number of pyridine rings is 1. The topological polar surface area (TPSA) is 99.8 Å². The number of rotatable bonds is 7. The average Bonchev–Trinajstić information content (AvgIpc) is 3.37. The Balaban J connectivity index is 1.64. The lowest BCUT2D eigenvalue weighted by Crippen LogP contribution is -2.15. The molecule has 0 unspecified atom stereocenters. The van der Waals surface area contributed by atoms with Crippen molar-refractivity contribution in [1.82, 2.24) is 19.7 Å². The Bertz CT molecular complexity index is 1170. The maximum Gasteiger partial charge on any atom is 0.219 e. The van der Waals surface area contributed by atoms with Gasteiger partial charge in [-0.15, -0.1) is 10.2 Å². The van der Waals surface area contributed by atoms with E-state index in [1.54, 1.807) is 18.4 Å². The molecule has 3 aromatic heterocycles. The zero-order chi connectivity index (χ0) is 20.4. The number of hydrogen-bond donors (Lipinski definition) is 1. The second-order valence-corrected chi connectivity index (χ2v) is 7.78. The number of hydrogen-bond acceptors (Lipinski definition) is 6. The van der Waals surface area contributed by atoms with Gasteiger partial charge in [-0.2, -0.15) is 0 Å². The third kappa shape index (κ3) is 3.99. The molecule has 0 saturated heterocycles. The van der Waals surface area contributed by atoms with E-state index in [0.29, 0.717) is 34.1 Å². The van der Waals surface area contributed by atoms with Crippen LogP contribution in [0.3, 0.4) is 0 Å². The highest BCUT2D eigenvalue weighted by molar-refractivity contribution is 7.98. The molecule has 0 saturated carbocycles. The number of nitrogens with two attached hydrogens (primary N) is 1. The second-order valence-electron chi connectivity index (χ2n) is 6.45. The van der Waals surface area contributed by atoms with Crippen molar-refractivity contribution >= 4 is 40.2 Å². The van der Waals surface area contributed by atoms with Crippen LogP contribution in [0.1, 0.15) is 17.7 Å². The smallest absolute Gasteiger partial charge is 0.219 e. The standard InChI is InChI=1S/C20H18ClN5O2S/c1-12-13-5-2-3-6-14(13)23-15(18(12)21)11-29-20-25-24-19(16-7-4-10-28-16)26(20)9-8-17(22)27/h2-7,10H,8-9,11H2,1H3,(H2,22,27). The number of halogens is 1. The fourth-order valence-corrected chi connectivity index (χ4v) is 4.25. The maximum atomic E-state index is 11.3. The number of benzene rings is 1. The first-order chi connectivity index (χ1) is 14.0. The van der Waals surface area contributed by atoms with E-state index in [0.717, 1.165) is 22.2 Å². The summed E-state index contributed by atoms with van der Waals surface area (Å²) in [5, 5.41) is 10.8. The van der Waals surface area contributed by atoms with E-state index >= 15 is 0 Å². The summed E-state index contributed by atoms with van der Waals surface area (Å²) in [5.41, 5.74) is 8.01. The first-order valence-corrected chi connectivity index (χ1v) is 10.3. The number of carbonyl (C=O) groups excluding carboxylic acids is 1. The number of furan rings is 1. The number of primary amides is 1. The largest absolute Gasteiger partial charge is 0.461 e. The number of fused-ring (bicyclic) bond motifs is 1. The molecule has 0 aliphatic rings. The summed E-state index contributed by atoms with van der Waals surface area (Å²) in [6, 6.07) is 11.5. The molecule has 4 aromatic rings. The number of aromatic nitrogens is 4. The normalized spacial score (nSPS) is 11.2. The van der Waals surface area contributed by atoms with Crippen molar-refractivity contribution in [3.63, 3.8) is 0 Å². The van der Waals surface area contributed by atoms with E-state index in [-0.39, 0.29) is 6.42 Å². The molecule has 29 heavy (non-hydrogen) atoms. The Hall–Kier alpha value is -2.84. The minimum Gasteiger partial charge on any atom is -0.461 e. The minimum atomic E-state index is -0.394. The molecule has 0 bridgehead atoms. The SMILES string of the molecule is Cc1c(Cl)c(CSc2nnc(-c3ccco3)n2CCC(N)=O)nc2ccccc12. The number of aryl methyl sites for hydroxylation is 1. The van der Waals surface area contributed by atoms with E-state index in [2.05, 4.69) is 10.2 Å². The number of nitrogens with zero attached hydrogens (tertiary/aromatic N) is 4. The van der Waals surface area contributed by atoms with E-state index in [1.807, 2.05) is 35.8 Å². The lowest BCUT2D eigenvalue weighted by Gasteiger charge is -2.11. The Morgan fingerprint density at radius 3 is 2.83 bits per heavy atom. The van der Waals surface area contributed by atoms with Gasteiger partial charge in [0.05, 0.1) is 22.5 Å². The maximum absolute atomic E-state index is 11.3. The van der Waals surface area contributed by atoms with Gasteiger partial charge in [0.15, 0.2) is 16.7 Å². The molecule has 7 nitrogen and oxygen atoms in total. The molecule has 0 atom stereocenters. The summed E-state index contributed by atoms with van der Waals surface area (Å²) >= 11 is 8.02. The van der Waals surface area contributed by atoms with Crippen LogP contribution in [0.15, 0.2) is 52.2 Å². The summed E-state index contributed by atoms with van der Waals surface area (Å²) in [4.78, 5) is 16.0. The lowest BCUT2D eigenvalue weighted by atomic mass is 10.1. The van der Waals surface area contributed by atoms with Gasteiger partial charge >= 0.3 is 0 Å². The van der Waals surface area contributed by atoms with Gasteiger partial charge in [0, 0.05) is 24.1 Å². The van der Waals surface area contributed by atoms with Gasteiger partial charge in [0.2, 0.25) is 5.91 Å². The fraction of sp³-hybridized carbons (Fsp3) is 0.200. The van der Waals surface area contributed by atoms with Crippen molar-refractivity contribution in [2.45, 2.75) is 30.8 Å². The van der Waals surface area contributed by atoms with Gasteiger partial charge in [-0.05, 0) is 30.7 Å². The second kappa shape index (κ2) is 8.26. The van der Waals surface area contributed by atoms with E-state index in [1.165, 1.54) is 11.8 Å². The van der Waals surface area contributed by atoms with Crippen molar-refractivity contribution in [1.29, 1.82) is 0 Å². The van der Waals surface area contributed by atoms with E-state index < -0.39 is 5.91 Å². The Kier molecular flexibility index (Phi) is 5.55. The quantitative estimate of drug-likeness (QED) is 0.443. The van der Waals surface area contributed by atoms with Crippen LogP contribution in [-0.2, 0) is 17.1 Å². The molecule has 1 aromatic carbocycles. The molecule has 3 heterocycles. The van der Waals surface area contributed by atoms with Gasteiger partial charge in [-0.3, -0.25) is 14.3 Å². The van der Waals surface area contributed by atoms with Crippen LogP contribution in [0.25, 0.3) is 22.5 Å². The Morgan fingerprint density at radius 2 is 2.07 bits per heavy atom. The molecule has 1 amide bonds. The molecule has 2 N–H and O–H groups in total. The number of carbonyl (C=O) groups is 1. The number of para-hydroxylation sites is 1. The van der Waals surface area contributed by atoms with Crippen molar-refractivity contribution in [3.8, 4) is 11.6 Å². The van der Waals surface area contributed by atoms with Crippen LogP contribution in [0.2, 0.25) is 5.02 Å². The summed E-state index contributed by atoms with van der Waals surface area (Å²) in [7, 11) is 0. The van der Waals surface area contributed by atoms with E-state index in [9.17, 15) is 4.79 Å². The summed E-state index contributed by atoms with van der Waals surface area (Å²) in [5.74, 6) is 1.24. The van der Waals surface area contributed by atoms with Crippen LogP contribution in [-0.4, -0.2) is 25.7 Å². The lowest BCUT2D eigenvalue weighted by molar-refractivity contribution is -0.118. The highest BCUT2D eigenvalue weighted by atomic mass is 35.5. The molecule has 148 valence electrons. The number of amides is 1. The van der Waals surface area contributed by atoms with Crippen LogP contribution in [0, 0.1) is 6.92 Å². The number of thioether (sulfide) groups is 1. The molecule has 0 aliphatic heterocycles. The van der Waals surface area contributed by atoms with Crippen LogP contribution >= 0.6 is 23.4 Å². The highest BCUT2D eigenvalue weighted by Crippen LogP contribution is 2.32. The zero-order valence-corrected chi connectivity index (χ0v) is 17.2. The third-order valence-corrected chi connectivity index (χ3v) is 6.00. The molecular formula is C20H18ClN5O2S. The van der Waals surface area contributed by atoms with Crippen molar-refractivity contribution in [2.75, 3.05) is 0 Å². The first kappa shape index (κ1) is 19.5. The van der Waals surface area contributed by atoms with Gasteiger partial charge in [-0.1, -0.05) is 41.6 Å². The first-order valence-electron chi connectivity index (χ1n) is 8.96. The molecule has 0 radical (unpaired) electrons. The molecule has 0 aliphatic carbocycles. The molecule has 0 spiro atoms. The van der Waals surface area contributed by atoms with Crippen molar-refractivity contribution in [2.24, 2.45) is 5.73 Å². The van der Waals surface area contributed by atoms with Crippen LogP contribution in [0.5, 0.6) is 0 Å². The predicted molar refractivity (Wildman–Crippen MR) is 113 cm³/mol. The molecule has 0 fully saturated rings. The molecular weight excluding hydrogens is 410 g/mol. The third-order valence-electron chi connectivity index (χ3n) is 4.52. The van der Waals surface area contributed by atoms with Crippen LogP contribution in [0.4, 0.5) is 0 Å². The van der Waals surface area contributed by atoms with Crippen LogP contribution < -0.4 is 5.73 Å². The Morgan fingerprint density at radius 1 is 1.24 bits per heavy atom. The van der Waals surface area contributed by atoms with Crippen molar-refractivity contribution in [3.05, 3.63) is 58.9 Å². The Labute approximate surface area is 176 Å². The molecule has 4 rings (SSSR count). The van der Waals surface area contributed by atoms with E-state index in [4.69, 9.17) is 26.7 Å². The fourth-order valence-electron chi connectivity index (χ4n) is 3.05. The monoisotopic (exact) mass is 427 g/mol. The zero-order valence-electron chi connectivity index (χ0n) is 15.6. The predicted octanol–water partition coefficient (Wildman–Crippen LogP) is 4.22. The van der Waals surface area contributed by atoms with Gasteiger partial charge in [0.1, 0.15) is 0 Å². The average molecular weight is 428 g/mol. The summed E-state index contributed by atoms with van der Waals surface area (Å²) < 4.78 is 7.27. The highest BCUT2D eigenvalue weighted by Gasteiger charge is 2.18. The van der Waals surface area contributed by atoms with Crippen molar-refractivity contribution < 1.29 is 9.21 Å². The minimum absolute atomic E-state index is 0.174. The van der Waals surface area contributed by atoms with Gasteiger partial charge in [-0.25, -0.2) is 0 Å². The van der Waals surface area contributed by atoms with Gasteiger partial charge < -0.3 is 10.2 Å².